The van der Waals surface area contributed by atoms with Crippen LogP contribution in [0.25, 0.3) is 0 Å². The molecule has 0 spiro atoms. The van der Waals surface area contributed by atoms with Crippen molar-refractivity contribution in [2.45, 2.75) is 6.04 Å². The number of aromatic nitrogens is 2. The first-order valence-electron chi connectivity index (χ1n) is 5.23. The van der Waals surface area contributed by atoms with Gasteiger partial charge in [-0.05, 0) is 36.9 Å². The third-order valence-electron chi connectivity index (χ3n) is 2.54. The zero-order valence-corrected chi connectivity index (χ0v) is 12.0. The molecular weight excluding hydrogens is 302 g/mol. The van der Waals surface area contributed by atoms with Gasteiger partial charge in [0.15, 0.2) is 0 Å². The maximum absolute atomic E-state index is 6.06. The Hall–Kier alpha value is -0.840. The summed E-state index contributed by atoms with van der Waals surface area (Å²) >= 11 is 9.51. The van der Waals surface area contributed by atoms with Gasteiger partial charge in [0, 0.05) is 22.7 Å². The van der Waals surface area contributed by atoms with Crippen molar-refractivity contribution in [2.24, 2.45) is 7.05 Å². The van der Waals surface area contributed by atoms with Gasteiger partial charge in [0.05, 0.1) is 11.7 Å². The van der Waals surface area contributed by atoms with E-state index < -0.39 is 0 Å². The van der Waals surface area contributed by atoms with E-state index in [1.807, 2.05) is 44.6 Å². The first-order chi connectivity index (χ1) is 8.10. The lowest BCUT2D eigenvalue weighted by Gasteiger charge is -2.15. The average molecular weight is 315 g/mol. The zero-order valence-electron chi connectivity index (χ0n) is 9.61. The molecule has 1 unspecified atom stereocenters. The van der Waals surface area contributed by atoms with E-state index in [1.165, 1.54) is 0 Å². The summed E-state index contributed by atoms with van der Waals surface area (Å²) in [5, 5.41) is 8.37. The second kappa shape index (κ2) is 5.21. The fourth-order valence-corrected chi connectivity index (χ4v) is 2.70. The lowest BCUT2D eigenvalue weighted by Crippen LogP contribution is -2.18. The second-order valence-electron chi connectivity index (χ2n) is 3.84. The smallest absolute Gasteiger partial charge is 0.0839 e. The molecule has 17 heavy (non-hydrogen) atoms. The van der Waals surface area contributed by atoms with E-state index in [0.717, 1.165) is 15.7 Å². The van der Waals surface area contributed by atoms with E-state index in [2.05, 4.69) is 26.3 Å². The molecule has 1 N–H and O–H groups in total. The predicted molar refractivity (Wildman–Crippen MR) is 73.3 cm³/mol. The van der Waals surface area contributed by atoms with Gasteiger partial charge in [-0.15, -0.1) is 0 Å². The molecule has 3 nitrogen and oxygen atoms in total. The summed E-state index contributed by atoms with van der Waals surface area (Å²) < 4.78 is 2.76. The molecule has 1 aromatic heterocycles. The Bertz CT molecular complexity index is 504. The Labute approximate surface area is 114 Å². The van der Waals surface area contributed by atoms with Crippen LogP contribution in [-0.2, 0) is 7.05 Å². The lowest BCUT2D eigenvalue weighted by atomic mass is 10.0. The Morgan fingerprint density at radius 2 is 2.18 bits per heavy atom. The molecule has 0 radical (unpaired) electrons. The van der Waals surface area contributed by atoms with Crippen molar-refractivity contribution >= 4 is 27.5 Å². The van der Waals surface area contributed by atoms with E-state index in [9.17, 15) is 0 Å². The highest BCUT2D eigenvalue weighted by Gasteiger charge is 2.15. The largest absolute Gasteiger partial charge is 0.308 e. The van der Waals surface area contributed by atoms with Gasteiger partial charge >= 0.3 is 0 Å². The van der Waals surface area contributed by atoms with Crippen molar-refractivity contribution in [1.29, 1.82) is 0 Å². The first kappa shape index (κ1) is 12.6. The molecule has 0 bridgehead atoms. The maximum atomic E-state index is 6.06. The van der Waals surface area contributed by atoms with Crippen molar-refractivity contribution < 1.29 is 0 Å². The minimum absolute atomic E-state index is 0.0474. The van der Waals surface area contributed by atoms with Gasteiger partial charge in [-0.3, -0.25) is 4.68 Å². The van der Waals surface area contributed by atoms with E-state index in [1.54, 1.807) is 4.68 Å². The number of rotatable bonds is 3. The predicted octanol–water partition coefficient (Wildman–Crippen LogP) is 3.14. The minimum Gasteiger partial charge on any atom is -0.308 e. The highest BCUT2D eigenvalue weighted by Crippen LogP contribution is 2.26. The average Bonchev–Trinajstić information content (AvgIpc) is 2.64. The summed E-state index contributed by atoms with van der Waals surface area (Å²) in [6, 6.07) is 7.90. The Morgan fingerprint density at radius 1 is 1.41 bits per heavy atom. The number of hydrogen-bond donors (Lipinski definition) is 1. The zero-order chi connectivity index (χ0) is 12.4. The van der Waals surface area contributed by atoms with Gasteiger partial charge in [-0.1, -0.05) is 27.5 Å². The molecule has 1 aromatic carbocycles. The standard InChI is InChI=1S/C12H13BrClN3/c1-15-12(11-3-4-17(2)16-11)8-5-9(13)7-10(14)6-8/h3-7,12,15H,1-2H3. The number of aryl methyl sites for hydroxylation is 1. The first-order valence-corrected chi connectivity index (χ1v) is 6.40. The monoisotopic (exact) mass is 313 g/mol. The number of nitrogens with one attached hydrogen (secondary N) is 1. The Morgan fingerprint density at radius 3 is 2.71 bits per heavy atom. The fraction of sp³-hybridized carbons (Fsp3) is 0.250. The van der Waals surface area contributed by atoms with Crippen LogP contribution < -0.4 is 5.32 Å². The lowest BCUT2D eigenvalue weighted by molar-refractivity contribution is 0.642. The summed E-state index contributed by atoms with van der Waals surface area (Å²) in [5.41, 5.74) is 2.06. The van der Waals surface area contributed by atoms with E-state index in [4.69, 9.17) is 11.6 Å². The van der Waals surface area contributed by atoms with Crippen LogP contribution in [0.4, 0.5) is 0 Å². The number of hydrogen-bond acceptors (Lipinski definition) is 2. The van der Waals surface area contributed by atoms with Crippen LogP contribution in [0.5, 0.6) is 0 Å². The maximum Gasteiger partial charge on any atom is 0.0839 e. The van der Waals surface area contributed by atoms with Crippen LogP contribution in [0.15, 0.2) is 34.9 Å². The van der Waals surface area contributed by atoms with E-state index in [0.29, 0.717) is 5.02 Å². The summed E-state index contributed by atoms with van der Waals surface area (Å²) in [5.74, 6) is 0. The van der Waals surface area contributed by atoms with Crippen LogP contribution in [0.3, 0.4) is 0 Å². The number of benzene rings is 1. The van der Waals surface area contributed by atoms with Crippen LogP contribution in [0.2, 0.25) is 5.02 Å². The van der Waals surface area contributed by atoms with Crippen molar-refractivity contribution in [1.82, 2.24) is 15.1 Å². The van der Waals surface area contributed by atoms with Crippen molar-refractivity contribution in [3.05, 3.63) is 51.2 Å². The van der Waals surface area contributed by atoms with Crippen LogP contribution in [-0.4, -0.2) is 16.8 Å². The second-order valence-corrected chi connectivity index (χ2v) is 5.19. The van der Waals surface area contributed by atoms with Gasteiger partial charge in [0.1, 0.15) is 0 Å². The molecule has 5 heteroatoms. The van der Waals surface area contributed by atoms with Gasteiger partial charge in [0.2, 0.25) is 0 Å². The Balaban J connectivity index is 2.41. The van der Waals surface area contributed by atoms with E-state index in [-0.39, 0.29) is 6.04 Å². The normalized spacial score (nSPS) is 12.7. The summed E-state index contributed by atoms with van der Waals surface area (Å²) in [4.78, 5) is 0. The van der Waals surface area contributed by atoms with Crippen molar-refractivity contribution in [2.75, 3.05) is 7.05 Å². The molecule has 1 atom stereocenters. The van der Waals surface area contributed by atoms with Gasteiger partial charge in [-0.2, -0.15) is 5.10 Å². The third-order valence-corrected chi connectivity index (χ3v) is 3.21. The van der Waals surface area contributed by atoms with Gasteiger partial charge in [0.25, 0.3) is 0 Å². The molecule has 0 fully saturated rings. The van der Waals surface area contributed by atoms with E-state index >= 15 is 0 Å². The highest BCUT2D eigenvalue weighted by atomic mass is 79.9. The van der Waals surface area contributed by atoms with Crippen LogP contribution in [0, 0.1) is 0 Å². The molecule has 0 saturated carbocycles. The topological polar surface area (TPSA) is 29.9 Å². The molecule has 0 saturated heterocycles. The molecule has 0 amide bonds. The number of halogens is 2. The molecule has 1 heterocycles. The van der Waals surface area contributed by atoms with Crippen molar-refractivity contribution in [3.8, 4) is 0 Å². The Kier molecular flexibility index (Phi) is 3.86. The van der Waals surface area contributed by atoms with Crippen LogP contribution >= 0.6 is 27.5 Å². The van der Waals surface area contributed by atoms with Crippen LogP contribution in [0.1, 0.15) is 17.3 Å². The molecule has 90 valence electrons. The molecule has 0 aliphatic heterocycles. The molecular formula is C12H13BrClN3. The quantitative estimate of drug-likeness (QED) is 0.943. The molecule has 2 rings (SSSR count). The number of nitrogens with zero attached hydrogens (tertiary/aromatic N) is 2. The van der Waals surface area contributed by atoms with Gasteiger partial charge in [-0.25, -0.2) is 0 Å². The fourth-order valence-electron chi connectivity index (χ4n) is 1.81. The molecule has 0 aliphatic rings. The summed E-state index contributed by atoms with van der Waals surface area (Å²) in [6.45, 7) is 0. The highest BCUT2D eigenvalue weighted by molar-refractivity contribution is 9.10. The molecule has 0 aliphatic carbocycles. The van der Waals surface area contributed by atoms with Gasteiger partial charge < -0.3 is 5.32 Å². The molecule has 2 aromatic rings. The SMILES string of the molecule is CNC(c1cc(Cl)cc(Br)c1)c1ccn(C)n1. The summed E-state index contributed by atoms with van der Waals surface area (Å²) in [7, 11) is 3.82. The minimum atomic E-state index is 0.0474. The summed E-state index contributed by atoms with van der Waals surface area (Å²) in [6.07, 6.45) is 1.93. The third kappa shape index (κ3) is 2.89. The van der Waals surface area contributed by atoms with Crippen molar-refractivity contribution in [3.63, 3.8) is 0 Å².